The van der Waals surface area contributed by atoms with E-state index in [9.17, 15) is 0 Å². The van der Waals surface area contributed by atoms with Gasteiger partial charge in [0, 0.05) is 34.6 Å². The van der Waals surface area contributed by atoms with Crippen LogP contribution in [0.3, 0.4) is 0 Å². The molecule has 0 spiro atoms. The van der Waals surface area contributed by atoms with E-state index in [4.69, 9.17) is 23.2 Å². The number of rotatable bonds is 3. The largest absolute Gasteiger partial charge is 0.315 e. The third-order valence-electron chi connectivity index (χ3n) is 4.15. The van der Waals surface area contributed by atoms with E-state index < -0.39 is 0 Å². The van der Waals surface area contributed by atoms with Crippen molar-refractivity contribution in [1.29, 1.82) is 0 Å². The predicted octanol–water partition coefficient (Wildman–Crippen LogP) is 4.75. The molecular formula is C17H20Cl2N2S. The van der Waals surface area contributed by atoms with Gasteiger partial charge in [0.25, 0.3) is 0 Å². The number of benzene rings is 1. The molecule has 1 saturated heterocycles. The van der Waals surface area contributed by atoms with E-state index in [2.05, 4.69) is 34.7 Å². The van der Waals surface area contributed by atoms with Gasteiger partial charge in [-0.05, 0) is 54.6 Å². The van der Waals surface area contributed by atoms with Crippen LogP contribution >= 0.6 is 34.5 Å². The number of halogens is 2. The summed E-state index contributed by atoms with van der Waals surface area (Å²) in [6.07, 6.45) is 1.16. The molecule has 1 aliphatic heterocycles. The fourth-order valence-electron chi connectivity index (χ4n) is 3.02. The van der Waals surface area contributed by atoms with Gasteiger partial charge in [0.15, 0.2) is 0 Å². The SMILES string of the molecule is Cc1ccsc1C(c1ccc(Cl)cc1Cl)N1CCCNCC1. The van der Waals surface area contributed by atoms with E-state index in [1.165, 1.54) is 10.4 Å². The van der Waals surface area contributed by atoms with Crippen LogP contribution in [-0.4, -0.2) is 31.1 Å². The second-order valence-corrected chi connectivity index (χ2v) is 7.47. The molecule has 2 aromatic rings. The second-order valence-electron chi connectivity index (χ2n) is 5.68. The lowest BCUT2D eigenvalue weighted by atomic mass is 10.0. The van der Waals surface area contributed by atoms with Crippen molar-refractivity contribution in [2.24, 2.45) is 0 Å². The van der Waals surface area contributed by atoms with Crippen molar-refractivity contribution in [2.75, 3.05) is 26.2 Å². The molecule has 0 aliphatic carbocycles. The summed E-state index contributed by atoms with van der Waals surface area (Å²) in [5.41, 5.74) is 2.48. The van der Waals surface area contributed by atoms with E-state index >= 15 is 0 Å². The van der Waals surface area contributed by atoms with E-state index in [-0.39, 0.29) is 6.04 Å². The van der Waals surface area contributed by atoms with Gasteiger partial charge in [0.05, 0.1) is 6.04 Å². The highest BCUT2D eigenvalue weighted by atomic mass is 35.5. The van der Waals surface area contributed by atoms with Gasteiger partial charge in [-0.25, -0.2) is 0 Å². The molecule has 1 aromatic carbocycles. The molecule has 1 fully saturated rings. The number of nitrogens with zero attached hydrogens (tertiary/aromatic N) is 1. The van der Waals surface area contributed by atoms with Gasteiger partial charge < -0.3 is 5.32 Å². The molecule has 1 aromatic heterocycles. The maximum Gasteiger partial charge on any atom is 0.0713 e. The first-order valence-electron chi connectivity index (χ1n) is 7.60. The summed E-state index contributed by atoms with van der Waals surface area (Å²) in [6.45, 7) is 6.39. The van der Waals surface area contributed by atoms with E-state index in [1.807, 2.05) is 23.5 Å². The van der Waals surface area contributed by atoms with Crippen molar-refractivity contribution < 1.29 is 0 Å². The van der Waals surface area contributed by atoms with Crippen LogP contribution in [0.4, 0.5) is 0 Å². The molecule has 3 rings (SSSR count). The molecule has 0 radical (unpaired) electrons. The van der Waals surface area contributed by atoms with E-state index in [1.54, 1.807) is 0 Å². The highest BCUT2D eigenvalue weighted by molar-refractivity contribution is 7.10. The summed E-state index contributed by atoms with van der Waals surface area (Å²) >= 11 is 14.4. The van der Waals surface area contributed by atoms with Crippen molar-refractivity contribution in [1.82, 2.24) is 10.2 Å². The number of thiophene rings is 1. The summed E-state index contributed by atoms with van der Waals surface area (Å²) in [4.78, 5) is 3.92. The van der Waals surface area contributed by atoms with Crippen LogP contribution in [0.1, 0.15) is 28.5 Å². The Balaban J connectivity index is 2.04. The van der Waals surface area contributed by atoms with E-state index in [0.717, 1.165) is 43.2 Å². The molecule has 2 heterocycles. The second kappa shape index (κ2) is 7.33. The van der Waals surface area contributed by atoms with Crippen molar-refractivity contribution in [2.45, 2.75) is 19.4 Å². The molecule has 2 nitrogen and oxygen atoms in total. The standard InChI is InChI=1S/C17H20Cl2N2S/c1-12-5-10-22-17(12)16(21-8-2-6-20-7-9-21)14-4-3-13(18)11-15(14)19/h3-5,10-11,16,20H,2,6-9H2,1H3. The molecule has 1 N–H and O–H groups in total. The molecule has 1 unspecified atom stereocenters. The Kier molecular flexibility index (Phi) is 5.42. The minimum absolute atomic E-state index is 0.213. The number of nitrogens with one attached hydrogen (secondary N) is 1. The topological polar surface area (TPSA) is 15.3 Å². The van der Waals surface area contributed by atoms with Crippen molar-refractivity contribution in [3.8, 4) is 0 Å². The highest BCUT2D eigenvalue weighted by Crippen LogP contribution is 2.38. The lowest BCUT2D eigenvalue weighted by molar-refractivity contribution is 0.243. The summed E-state index contributed by atoms with van der Waals surface area (Å²) < 4.78 is 0. The molecule has 1 atom stereocenters. The summed E-state index contributed by atoms with van der Waals surface area (Å²) in [5, 5.41) is 7.08. The lowest BCUT2D eigenvalue weighted by Gasteiger charge is -2.31. The first-order valence-corrected chi connectivity index (χ1v) is 9.24. The number of hydrogen-bond donors (Lipinski definition) is 1. The van der Waals surface area contributed by atoms with E-state index in [0.29, 0.717) is 5.02 Å². The summed E-state index contributed by atoms with van der Waals surface area (Å²) in [5.74, 6) is 0. The molecule has 118 valence electrons. The zero-order valence-corrected chi connectivity index (χ0v) is 14.9. The lowest BCUT2D eigenvalue weighted by Crippen LogP contribution is -2.33. The molecule has 5 heteroatoms. The molecule has 0 saturated carbocycles. The summed E-state index contributed by atoms with van der Waals surface area (Å²) in [6, 6.07) is 8.27. The van der Waals surface area contributed by atoms with Crippen LogP contribution in [0.2, 0.25) is 10.0 Å². The first-order chi connectivity index (χ1) is 10.7. The zero-order valence-electron chi connectivity index (χ0n) is 12.6. The Bertz CT molecular complexity index is 633. The van der Waals surface area contributed by atoms with Crippen molar-refractivity contribution >= 4 is 34.5 Å². The summed E-state index contributed by atoms with van der Waals surface area (Å²) in [7, 11) is 0. The molecular weight excluding hydrogens is 335 g/mol. The van der Waals surface area contributed by atoms with Crippen LogP contribution in [-0.2, 0) is 0 Å². The number of aryl methyl sites for hydroxylation is 1. The van der Waals surface area contributed by atoms with Gasteiger partial charge in [-0.1, -0.05) is 29.3 Å². The quantitative estimate of drug-likeness (QED) is 0.855. The Hall–Kier alpha value is -0.580. The van der Waals surface area contributed by atoms with Gasteiger partial charge in [0.1, 0.15) is 0 Å². The fourth-order valence-corrected chi connectivity index (χ4v) is 4.61. The monoisotopic (exact) mass is 354 g/mol. The smallest absolute Gasteiger partial charge is 0.0713 e. The minimum Gasteiger partial charge on any atom is -0.315 e. The van der Waals surface area contributed by atoms with Crippen LogP contribution in [0.5, 0.6) is 0 Å². The molecule has 0 amide bonds. The third kappa shape index (κ3) is 3.50. The third-order valence-corrected chi connectivity index (χ3v) is 5.78. The highest BCUT2D eigenvalue weighted by Gasteiger charge is 2.27. The van der Waals surface area contributed by atoms with Gasteiger partial charge in [-0.2, -0.15) is 0 Å². The predicted molar refractivity (Wildman–Crippen MR) is 96.4 cm³/mol. The fraction of sp³-hybridized carbons (Fsp3) is 0.412. The van der Waals surface area contributed by atoms with Crippen LogP contribution in [0.15, 0.2) is 29.6 Å². The maximum absolute atomic E-state index is 6.53. The normalized spacial score (nSPS) is 18.1. The minimum atomic E-state index is 0.213. The van der Waals surface area contributed by atoms with Crippen molar-refractivity contribution in [3.05, 3.63) is 55.7 Å². The first kappa shape index (κ1) is 16.3. The van der Waals surface area contributed by atoms with Gasteiger partial charge >= 0.3 is 0 Å². The molecule has 1 aliphatic rings. The van der Waals surface area contributed by atoms with Gasteiger partial charge in [-0.3, -0.25) is 4.90 Å². The Morgan fingerprint density at radius 1 is 1.18 bits per heavy atom. The van der Waals surface area contributed by atoms with Gasteiger partial charge in [-0.15, -0.1) is 11.3 Å². The van der Waals surface area contributed by atoms with Gasteiger partial charge in [0.2, 0.25) is 0 Å². The average molecular weight is 355 g/mol. The molecule has 0 bridgehead atoms. The number of hydrogen-bond acceptors (Lipinski definition) is 3. The van der Waals surface area contributed by atoms with Crippen LogP contribution in [0, 0.1) is 6.92 Å². The zero-order chi connectivity index (χ0) is 15.5. The van der Waals surface area contributed by atoms with Crippen LogP contribution in [0.25, 0.3) is 0 Å². The average Bonchev–Trinajstić information content (AvgIpc) is 2.75. The maximum atomic E-state index is 6.53. The van der Waals surface area contributed by atoms with Crippen LogP contribution < -0.4 is 5.32 Å². The molecule has 22 heavy (non-hydrogen) atoms. The Labute approximate surface area is 146 Å². The Morgan fingerprint density at radius 3 is 2.77 bits per heavy atom. The van der Waals surface area contributed by atoms with Crippen molar-refractivity contribution in [3.63, 3.8) is 0 Å². The Morgan fingerprint density at radius 2 is 2.05 bits per heavy atom.